The number of ether oxygens (including phenoxy) is 3. The first-order valence-electron chi connectivity index (χ1n) is 13.1. The van der Waals surface area contributed by atoms with Crippen molar-refractivity contribution in [2.45, 2.75) is 71.8 Å². The van der Waals surface area contributed by atoms with Crippen LogP contribution in [0.15, 0.2) is 22.6 Å². The average Bonchev–Trinajstić information content (AvgIpc) is 3.56. The summed E-state index contributed by atoms with van der Waals surface area (Å²) in [6, 6.07) is 3.71. The third-order valence-electron chi connectivity index (χ3n) is 6.22. The van der Waals surface area contributed by atoms with E-state index >= 15 is 0 Å². The summed E-state index contributed by atoms with van der Waals surface area (Å²) in [5.41, 5.74) is -0.262. The predicted molar refractivity (Wildman–Crippen MR) is 138 cm³/mol. The van der Waals surface area contributed by atoms with E-state index in [0.717, 1.165) is 12.8 Å². The molecule has 1 unspecified atom stereocenters. The van der Waals surface area contributed by atoms with E-state index in [9.17, 15) is 18.4 Å². The number of benzene rings is 1. The number of carbonyl (C=O) groups is 2. The van der Waals surface area contributed by atoms with Gasteiger partial charge in [-0.3, -0.25) is 4.79 Å². The summed E-state index contributed by atoms with van der Waals surface area (Å²) in [6.07, 6.45) is 1.37. The van der Waals surface area contributed by atoms with Crippen molar-refractivity contribution in [2.24, 2.45) is 5.92 Å². The van der Waals surface area contributed by atoms with Crippen LogP contribution >= 0.6 is 0 Å². The van der Waals surface area contributed by atoms with E-state index < -0.39 is 24.3 Å². The number of amides is 2. The summed E-state index contributed by atoms with van der Waals surface area (Å²) in [5.74, 6) is 0.297. The molecule has 1 aliphatic heterocycles. The van der Waals surface area contributed by atoms with E-state index in [1.54, 1.807) is 32.6 Å². The molecule has 2 N–H and O–H groups in total. The maximum absolute atomic E-state index is 13.6. The van der Waals surface area contributed by atoms with E-state index in [2.05, 4.69) is 20.4 Å². The summed E-state index contributed by atoms with van der Waals surface area (Å²) < 4.78 is 47.8. The Morgan fingerprint density at radius 3 is 2.64 bits per heavy atom. The third kappa shape index (κ3) is 7.81. The molecule has 1 saturated heterocycles. The minimum Gasteiger partial charge on any atom is -0.489 e. The molecule has 39 heavy (non-hydrogen) atoms. The number of oxazole rings is 1. The molecule has 2 amide bonds. The molecule has 4 rings (SSSR count). The number of alkyl carbamates (subject to hydrolysis) is 1. The molecular weight excluding hydrogens is 514 g/mol. The van der Waals surface area contributed by atoms with Gasteiger partial charge in [0.25, 0.3) is 5.91 Å². The highest BCUT2D eigenvalue weighted by Crippen LogP contribution is 2.37. The number of nitrogens with zero attached hydrogens (tertiary/aromatic N) is 2. The van der Waals surface area contributed by atoms with Crippen molar-refractivity contribution >= 4 is 12.0 Å². The highest BCUT2D eigenvalue weighted by atomic mass is 19.3. The number of aromatic nitrogens is 1. The first-order valence-corrected chi connectivity index (χ1v) is 13.1. The van der Waals surface area contributed by atoms with Gasteiger partial charge in [-0.25, -0.2) is 9.78 Å². The van der Waals surface area contributed by atoms with Gasteiger partial charge in [0.15, 0.2) is 23.0 Å². The Bertz CT molecular complexity index is 1180. The van der Waals surface area contributed by atoms with Crippen LogP contribution in [0.5, 0.6) is 11.5 Å². The average molecular weight is 551 g/mol. The lowest BCUT2D eigenvalue weighted by molar-refractivity contribution is -0.0515. The van der Waals surface area contributed by atoms with Crippen molar-refractivity contribution in [3.05, 3.63) is 29.7 Å². The molecule has 0 radical (unpaired) electrons. The largest absolute Gasteiger partial charge is 0.489 e. The lowest BCUT2D eigenvalue weighted by Crippen LogP contribution is -2.51. The fourth-order valence-corrected chi connectivity index (χ4v) is 4.16. The molecule has 214 valence electrons. The van der Waals surface area contributed by atoms with Crippen LogP contribution < -0.4 is 20.1 Å². The standard InChI is InChI=1S/C27H36F2N4O6/c1-15-13-33(11-10-30-15)24(34)21-22(16(2)31-26(35)39-27(3,4)5)38-23(32-21)18-8-9-19(37-25(28)29)20(12-18)36-14-17-6-7-17/h8-9,12,15-17,25,30H,6-7,10-11,13-14H2,1-5H3,(H,31,35)/t15-,16?/m1/s1. The molecule has 2 atom stereocenters. The molecule has 1 aromatic carbocycles. The quantitative estimate of drug-likeness (QED) is 0.460. The minimum atomic E-state index is -3.02. The molecule has 2 aromatic rings. The second-order valence-corrected chi connectivity index (χ2v) is 11.0. The van der Waals surface area contributed by atoms with Crippen molar-refractivity contribution in [1.82, 2.24) is 20.5 Å². The summed E-state index contributed by atoms with van der Waals surface area (Å²) in [6.45, 7) is 7.83. The highest BCUT2D eigenvalue weighted by Gasteiger charge is 2.32. The highest BCUT2D eigenvalue weighted by molar-refractivity contribution is 5.94. The van der Waals surface area contributed by atoms with Crippen LogP contribution in [-0.4, -0.2) is 66.4 Å². The molecule has 2 fully saturated rings. The molecule has 0 spiro atoms. The van der Waals surface area contributed by atoms with Gasteiger partial charge in [0.2, 0.25) is 5.89 Å². The van der Waals surface area contributed by atoms with Crippen molar-refractivity contribution in [3.63, 3.8) is 0 Å². The molecule has 1 aliphatic carbocycles. The van der Waals surface area contributed by atoms with Crippen LogP contribution in [0.4, 0.5) is 13.6 Å². The number of hydrogen-bond donors (Lipinski definition) is 2. The Kier molecular flexibility index (Phi) is 8.63. The topological polar surface area (TPSA) is 115 Å². The van der Waals surface area contributed by atoms with Crippen LogP contribution in [0.1, 0.15) is 69.8 Å². The summed E-state index contributed by atoms with van der Waals surface area (Å²) in [7, 11) is 0. The van der Waals surface area contributed by atoms with E-state index in [1.807, 2.05) is 6.92 Å². The van der Waals surface area contributed by atoms with Crippen LogP contribution in [-0.2, 0) is 4.74 Å². The Morgan fingerprint density at radius 1 is 1.26 bits per heavy atom. The number of piperazine rings is 1. The van der Waals surface area contributed by atoms with E-state index in [1.165, 1.54) is 18.2 Å². The van der Waals surface area contributed by atoms with Crippen LogP contribution in [0.25, 0.3) is 11.5 Å². The van der Waals surface area contributed by atoms with Crippen LogP contribution in [0, 0.1) is 5.92 Å². The number of rotatable bonds is 9. The van der Waals surface area contributed by atoms with Crippen molar-refractivity contribution < 1.29 is 37.0 Å². The van der Waals surface area contributed by atoms with E-state index in [4.69, 9.17) is 13.9 Å². The Morgan fingerprint density at radius 2 is 2.00 bits per heavy atom. The normalized spacial score (nSPS) is 18.6. The second kappa shape index (κ2) is 11.8. The van der Waals surface area contributed by atoms with Gasteiger partial charge < -0.3 is 34.2 Å². The molecule has 10 nitrogen and oxygen atoms in total. The number of alkyl halides is 2. The third-order valence-corrected chi connectivity index (χ3v) is 6.22. The van der Waals surface area contributed by atoms with E-state index in [0.29, 0.717) is 37.7 Å². The molecule has 1 aromatic heterocycles. The SMILES string of the molecule is CC(NC(=O)OC(C)(C)C)c1oc(-c2ccc(OC(F)F)c(OCC3CC3)c2)nc1C(=O)N1CCN[C@H](C)C1. The molecule has 1 saturated carbocycles. The monoisotopic (exact) mass is 550 g/mol. The van der Waals surface area contributed by atoms with Gasteiger partial charge in [-0.15, -0.1) is 0 Å². The molecule has 0 bridgehead atoms. The molecule has 2 heterocycles. The fourth-order valence-electron chi connectivity index (χ4n) is 4.16. The first-order chi connectivity index (χ1) is 18.4. The van der Waals surface area contributed by atoms with Crippen LogP contribution in [0.3, 0.4) is 0 Å². The predicted octanol–water partition coefficient (Wildman–Crippen LogP) is 4.75. The first kappa shape index (κ1) is 28.6. The lowest BCUT2D eigenvalue weighted by Gasteiger charge is -2.31. The Balaban J connectivity index is 1.67. The van der Waals surface area contributed by atoms with Gasteiger partial charge in [-0.05, 0) is 71.6 Å². The zero-order valence-electron chi connectivity index (χ0n) is 22.9. The fraction of sp³-hybridized carbons (Fsp3) is 0.593. The summed E-state index contributed by atoms with van der Waals surface area (Å²) in [5, 5.41) is 5.99. The zero-order valence-corrected chi connectivity index (χ0v) is 22.9. The summed E-state index contributed by atoms with van der Waals surface area (Å²) >= 11 is 0. The van der Waals surface area contributed by atoms with Crippen molar-refractivity contribution in [3.8, 4) is 23.0 Å². The molecule has 12 heteroatoms. The van der Waals surface area contributed by atoms with Gasteiger partial charge in [-0.1, -0.05) is 0 Å². The zero-order chi connectivity index (χ0) is 28.3. The van der Waals surface area contributed by atoms with E-state index in [-0.39, 0.29) is 40.8 Å². The lowest BCUT2D eigenvalue weighted by atomic mass is 10.1. The van der Waals surface area contributed by atoms with Gasteiger partial charge in [0.05, 0.1) is 12.6 Å². The number of hydrogen-bond acceptors (Lipinski definition) is 8. The van der Waals surface area contributed by atoms with Gasteiger partial charge in [-0.2, -0.15) is 8.78 Å². The smallest absolute Gasteiger partial charge is 0.408 e. The van der Waals surface area contributed by atoms with Gasteiger partial charge in [0.1, 0.15) is 5.60 Å². The van der Waals surface area contributed by atoms with Gasteiger partial charge >= 0.3 is 12.7 Å². The molecular formula is C27H36F2N4O6. The molecule has 2 aliphatic rings. The minimum absolute atomic E-state index is 0.0519. The second-order valence-electron chi connectivity index (χ2n) is 11.0. The summed E-state index contributed by atoms with van der Waals surface area (Å²) in [4.78, 5) is 32.2. The maximum atomic E-state index is 13.6. The van der Waals surface area contributed by atoms with Crippen molar-refractivity contribution in [2.75, 3.05) is 26.2 Å². The van der Waals surface area contributed by atoms with Gasteiger partial charge in [0, 0.05) is 31.2 Å². The Hall–Kier alpha value is -3.41. The van der Waals surface area contributed by atoms with Crippen LogP contribution in [0.2, 0.25) is 0 Å². The number of nitrogens with one attached hydrogen (secondary N) is 2. The maximum Gasteiger partial charge on any atom is 0.408 e. The van der Waals surface area contributed by atoms with Crippen molar-refractivity contribution in [1.29, 1.82) is 0 Å². The number of halogens is 2. The number of carbonyl (C=O) groups excluding carboxylic acids is 2. The Labute approximate surface area is 226 Å².